The zero-order valence-electron chi connectivity index (χ0n) is 11.8. The zero-order valence-corrected chi connectivity index (χ0v) is 14.2. The molecule has 0 bridgehead atoms. The van der Waals surface area contributed by atoms with Crippen LogP contribution in [-0.2, 0) is 0 Å². The van der Waals surface area contributed by atoms with Crippen molar-refractivity contribution in [3.63, 3.8) is 0 Å². The molecule has 5 heteroatoms. The third kappa shape index (κ3) is 6.78. The Balaban J connectivity index is 0.00000289. The van der Waals surface area contributed by atoms with Gasteiger partial charge in [0.15, 0.2) is 5.96 Å². The summed E-state index contributed by atoms with van der Waals surface area (Å²) in [5.74, 6) is 0.607. The van der Waals surface area contributed by atoms with Crippen molar-refractivity contribution in [1.29, 1.82) is 0 Å². The Kier molecular flexibility index (Phi) is 10.8. The summed E-state index contributed by atoms with van der Waals surface area (Å²) in [5.41, 5.74) is 5.84. The lowest BCUT2D eigenvalue weighted by Gasteiger charge is -2.24. The van der Waals surface area contributed by atoms with Crippen LogP contribution in [0.15, 0.2) is 4.99 Å². The number of halogens is 1. The zero-order chi connectivity index (χ0) is 12.5. The molecular formula is C13H29IN4. The lowest BCUT2D eigenvalue weighted by atomic mass is 10.2. The highest BCUT2D eigenvalue weighted by Gasteiger charge is 2.19. The fraction of sp³-hybridized carbons (Fsp3) is 0.923. The number of hydrogen-bond acceptors (Lipinski definition) is 2. The van der Waals surface area contributed by atoms with E-state index in [1.165, 1.54) is 32.4 Å². The van der Waals surface area contributed by atoms with Gasteiger partial charge in [-0.1, -0.05) is 20.3 Å². The molecule has 108 valence electrons. The fourth-order valence-electron chi connectivity index (χ4n) is 2.26. The van der Waals surface area contributed by atoms with Crippen molar-refractivity contribution in [3.05, 3.63) is 0 Å². The molecule has 0 aromatic rings. The first-order chi connectivity index (χ1) is 8.27. The predicted octanol–water partition coefficient (Wildman–Crippen LogP) is 2.18. The van der Waals surface area contributed by atoms with Crippen LogP contribution in [0.3, 0.4) is 0 Å². The van der Waals surface area contributed by atoms with Gasteiger partial charge in [-0.25, -0.2) is 0 Å². The van der Waals surface area contributed by atoms with Crippen LogP contribution in [0.25, 0.3) is 0 Å². The summed E-state index contributed by atoms with van der Waals surface area (Å²) in [6.45, 7) is 8.65. The third-order valence-electron chi connectivity index (χ3n) is 3.44. The normalized spacial score (nSPS) is 18.4. The number of nitrogens with zero attached hydrogens (tertiary/aromatic N) is 2. The molecule has 0 spiro atoms. The fourth-order valence-corrected chi connectivity index (χ4v) is 2.26. The predicted molar refractivity (Wildman–Crippen MR) is 89.7 cm³/mol. The van der Waals surface area contributed by atoms with Gasteiger partial charge in [-0.3, -0.25) is 9.89 Å². The number of unbranched alkanes of at least 4 members (excludes halogenated alkanes) is 1. The van der Waals surface area contributed by atoms with Crippen molar-refractivity contribution in [2.24, 2.45) is 10.7 Å². The molecule has 1 atom stereocenters. The molecule has 0 saturated carbocycles. The van der Waals surface area contributed by atoms with Crippen LogP contribution in [0.5, 0.6) is 0 Å². The SMILES string of the molecule is CCCCNC(N)=NCC(CC)N1CCCC1.I. The first kappa shape index (κ1) is 18.0. The van der Waals surface area contributed by atoms with E-state index in [9.17, 15) is 0 Å². The Labute approximate surface area is 129 Å². The third-order valence-corrected chi connectivity index (χ3v) is 3.44. The summed E-state index contributed by atoms with van der Waals surface area (Å²) in [4.78, 5) is 7.00. The lowest BCUT2D eigenvalue weighted by molar-refractivity contribution is 0.242. The molecule has 18 heavy (non-hydrogen) atoms. The highest BCUT2D eigenvalue weighted by Crippen LogP contribution is 2.14. The highest BCUT2D eigenvalue weighted by atomic mass is 127. The first-order valence-electron chi connectivity index (χ1n) is 7.05. The Morgan fingerprint density at radius 2 is 2.00 bits per heavy atom. The molecule has 1 aliphatic rings. The Hall–Kier alpha value is -0.0400. The molecule has 0 aromatic heterocycles. The average molecular weight is 368 g/mol. The Bertz CT molecular complexity index is 227. The minimum Gasteiger partial charge on any atom is -0.370 e. The highest BCUT2D eigenvalue weighted by molar-refractivity contribution is 14.0. The van der Waals surface area contributed by atoms with Crippen LogP contribution in [0.4, 0.5) is 0 Å². The molecule has 1 saturated heterocycles. The average Bonchev–Trinajstić information content (AvgIpc) is 2.84. The maximum atomic E-state index is 5.84. The van der Waals surface area contributed by atoms with E-state index in [0.29, 0.717) is 12.0 Å². The van der Waals surface area contributed by atoms with Gasteiger partial charge < -0.3 is 11.1 Å². The van der Waals surface area contributed by atoms with Gasteiger partial charge in [-0.05, 0) is 38.8 Å². The lowest BCUT2D eigenvalue weighted by Crippen LogP contribution is -2.37. The number of nitrogens with one attached hydrogen (secondary N) is 1. The topological polar surface area (TPSA) is 53.6 Å². The van der Waals surface area contributed by atoms with E-state index >= 15 is 0 Å². The molecule has 1 heterocycles. The molecule has 1 fully saturated rings. The van der Waals surface area contributed by atoms with Gasteiger partial charge >= 0.3 is 0 Å². The summed E-state index contributed by atoms with van der Waals surface area (Å²) in [6, 6.07) is 0.573. The summed E-state index contributed by atoms with van der Waals surface area (Å²) in [6.07, 6.45) is 6.17. The summed E-state index contributed by atoms with van der Waals surface area (Å²) >= 11 is 0. The number of rotatable bonds is 7. The van der Waals surface area contributed by atoms with Crippen molar-refractivity contribution < 1.29 is 0 Å². The van der Waals surface area contributed by atoms with Gasteiger partial charge in [-0.2, -0.15) is 0 Å². The van der Waals surface area contributed by atoms with E-state index < -0.39 is 0 Å². The second-order valence-corrected chi connectivity index (χ2v) is 4.81. The van der Waals surface area contributed by atoms with E-state index in [1.54, 1.807) is 0 Å². The van der Waals surface area contributed by atoms with Gasteiger partial charge in [0.05, 0.1) is 6.54 Å². The van der Waals surface area contributed by atoms with Crippen LogP contribution in [-0.4, -0.2) is 43.1 Å². The monoisotopic (exact) mass is 368 g/mol. The van der Waals surface area contributed by atoms with Crippen LogP contribution < -0.4 is 11.1 Å². The van der Waals surface area contributed by atoms with E-state index in [2.05, 4.69) is 29.1 Å². The van der Waals surface area contributed by atoms with Crippen LogP contribution in [0, 0.1) is 0 Å². The van der Waals surface area contributed by atoms with E-state index in [4.69, 9.17) is 5.73 Å². The van der Waals surface area contributed by atoms with Crippen LogP contribution in [0.1, 0.15) is 46.0 Å². The molecule has 0 aliphatic carbocycles. The number of nitrogens with two attached hydrogens (primary N) is 1. The minimum absolute atomic E-state index is 0. The second kappa shape index (κ2) is 10.8. The minimum atomic E-state index is 0. The smallest absolute Gasteiger partial charge is 0.188 e. The quantitative estimate of drug-likeness (QED) is 0.314. The van der Waals surface area contributed by atoms with Crippen molar-refractivity contribution in [2.45, 2.75) is 52.0 Å². The number of guanidine groups is 1. The van der Waals surface area contributed by atoms with Crippen molar-refractivity contribution in [2.75, 3.05) is 26.2 Å². The molecule has 0 aromatic carbocycles. The van der Waals surface area contributed by atoms with E-state index in [0.717, 1.165) is 25.9 Å². The number of aliphatic imine (C=N–C) groups is 1. The maximum absolute atomic E-state index is 5.84. The first-order valence-corrected chi connectivity index (χ1v) is 7.05. The number of likely N-dealkylation sites (tertiary alicyclic amines) is 1. The summed E-state index contributed by atoms with van der Waals surface area (Å²) in [7, 11) is 0. The van der Waals surface area contributed by atoms with Crippen LogP contribution in [0.2, 0.25) is 0 Å². The van der Waals surface area contributed by atoms with Crippen molar-refractivity contribution in [3.8, 4) is 0 Å². The van der Waals surface area contributed by atoms with E-state index in [-0.39, 0.29) is 24.0 Å². The van der Waals surface area contributed by atoms with Gasteiger partial charge in [0, 0.05) is 12.6 Å². The molecule has 0 radical (unpaired) electrons. The summed E-state index contributed by atoms with van der Waals surface area (Å²) < 4.78 is 0. The van der Waals surface area contributed by atoms with Crippen LogP contribution >= 0.6 is 24.0 Å². The second-order valence-electron chi connectivity index (χ2n) is 4.81. The molecule has 1 aliphatic heterocycles. The summed E-state index contributed by atoms with van der Waals surface area (Å²) in [5, 5.41) is 3.16. The van der Waals surface area contributed by atoms with Gasteiger partial charge in [-0.15, -0.1) is 24.0 Å². The Morgan fingerprint density at radius 1 is 1.33 bits per heavy atom. The Morgan fingerprint density at radius 3 is 2.56 bits per heavy atom. The van der Waals surface area contributed by atoms with Gasteiger partial charge in [0.1, 0.15) is 0 Å². The number of hydrogen-bond donors (Lipinski definition) is 2. The molecule has 1 rings (SSSR count). The van der Waals surface area contributed by atoms with Gasteiger partial charge in [0.25, 0.3) is 0 Å². The van der Waals surface area contributed by atoms with Gasteiger partial charge in [0.2, 0.25) is 0 Å². The van der Waals surface area contributed by atoms with E-state index in [1.807, 2.05) is 0 Å². The van der Waals surface area contributed by atoms with Crippen molar-refractivity contribution >= 4 is 29.9 Å². The maximum Gasteiger partial charge on any atom is 0.188 e. The molecule has 3 N–H and O–H groups in total. The molecular weight excluding hydrogens is 339 g/mol. The standard InChI is InChI=1S/C13H28N4.HI/c1-3-5-8-15-13(14)16-11-12(4-2)17-9-6-7-10-17;/h12H,3-11H2,1-2H3,(H3,14,15,16);1H. The molecule has 0 amide bonds. The molecule has 4 nitrogen and oxygen atoms in total. The van der Waals surface area contributed by atoms with Crippen molar-refractivity contribution in [1.82, 2.24) is 10.2 Å². The largest absolute Gasteiger partial charge is 0.370 e. The molecule has 1 unspecified atom stereocenters.